The SMILES string of the molecule is CC(=O)C=C(C)O.CC(=O)C=C(C)O.Clc1ccc(-c2[c-]cccc2)nn1.FC(F)(F)c1ccc(-c2[c-]cccc2)nc1.FC(F)(F)c1cccnc1-c1[c-]cccc1.FC(F)(F)c1cccnc1-c1[c-]cccc1.[C-]#[N+]c1ccnc(-c2[c-]ccc3ccccc23)c1.[Ir].[Ir].[Ir].[Ir].[Ir].[Ir].[c-]1cc2ccccc2cc1-c1nccc2ccccc12. The third-order valence-corrected chi connectivity index (χ3v) is 15.3. The van der Waals surface area contributed by atoms with Crippen LogP contribution in [0.3, 0.4) is 0 Å². The van der Waals surface area contributed by atoms with E-state index in [0.29, 0.717) is 33.2 Å². The monoisotopic (exact) mass is 2700 g/mol. The van der Waals surface area contributed by atoms with Gasteiger partial charge in [0.1, 0.15) is 5.15 Å². The molecule has 15 aromatic rings. The van der Waals surface area contributed by atoms with E-state index in [0.717, 1.165) is 68.9 Å². The number of fused-ring (bicyclic) bond motifs is 3. The van der Waals surface area contributed by atoms with Gasteiger partial charge in [-0.25, -0.2) is 4.85 Å². The number of nitrogens with zero attached hydrogens (tertiary/aromatic N) is 8. The molecule has 2 N–H and O–H groups in total. The van der Waals surface area contributed by atoms with Crippen molar-refractivity contribution < 1.29 is 180 Å². The van der Waals surface area contributed by atoms with Crippen molar-refractivity contribution in [1.82, 2.24) is 35.1 Å². The van der Waals surface area contributed by atoms with Crippen molar-refractivity contribution in [2.45, 2.75) is 46.2 Å². The van der Waals surface area contributed by atoms with Crippen LogP contribution in [0.25, 0.3) is 105 Å². The van der Waals surface area contributed by atoms with Crippen LogP contribution in [0, 0.1) is 43.0 Å². The zero-order valence-electron chi connectivity index (χ0n) is 62.4. The van der Waals surface area contributed by atoms with E-state index in [2.05, 4.69) is 131 Å². The number of pyridine rings is 5. The Kier molecular flexibility index (Phi) is 46.7. The van der Waals surface area contributed by atoms with E-state index in [1.165, 1.54) is 92.0 Å². The fraction of sp³-hybridized carbons (Fsp3) is 0.0769. The Hall–Kier alpha value is -9.94. The normalized spacial score (nSPS) is 10.4. The van der Waals surface area contributed by atoms with E-state index in [-0.39, 0.29) is 155 Å². The molecular weight excluding hydrogens is 2630 g/mol. The van der Waals surface area contributed by atoms with E-state index < -0.39 is 35.2 Å². The molecule has 0 aliphatic heterocycles. The number of aliphatic hydroxyl groups excluding tert-OH is 2. The molecule has 0 spiro atoms. The third-order valence-electron chi connectivity index (χ3n) is 15.1. The number of hydrogen-bond donors (Lipinski definition) is 2. The van der Waals surface area contributed by atoms with Crippen LogP contribution in [0.2, 0.25) is 5.15 Å². The zero-order valence-corrected chi connectivity index (χ0v) is 77.6. The van der Waals surface area contributed by atoms with Crippen molar-refractivity contribution in [1.29, 1.82) is 0 Å². The first-order valence-electron chi connectivity index (χ1n) is 33.9. The smallest absolute Gasteiger partial charge is 0.417 e. The minimum absolute atomic E-state index is 0. The van der Waals surface area contributed by atoms with Gasteiger partial charge in [0.25, 0.3) is 0 Å². The molecule has 6 aromatic heterocycles. The Morgan fingerprint density at radius 2 is 0.832 bits per heavy atom. The number of carbonyl (C=O) groups excluding carboxylic acids is 2. The molecule has 0 atom stereocenters. The van der Waals surface area contributed by atoms with Gasteiger partial charge in [0.15, 0.2) is 17.3 Å². The van der Waals surface area contributed by atoms with Crippen molar-refractivity contribution in [3.8, 4) is 67.5 Å². The third kappa shape index (κ3) is 34.4. The minimum atomic E-state index is -4.40. The number of allylic oxidation sites excluding steroid dienone is 4. The van der Waals surface area contributed by atoms with Gasteiger partial charge in [0, 0.05) is 192 Å². The second-order valence-corrected chi connectivity index (χ2v) is 24.1. The first-order chi connectivity index (χ1) is 54.2. The molecule has 119 heavy (non-hydrogen) atoms. The van der Waals surface area contributed by atoms with Crippen molar-refractivity contribution >= 4 is 61.2 Å². The topological polar surface area (TPSA) is 169 Å². The summed E-state index contributed by atoms with van der Waals surface area (Å²) in [6.07, 6.45) is -3.77. The predicted octanol–water partition coefficient (Wildman–Crippen LogP) is 24.5. The first-order valence-corrected chi connectivity index (χ1v) is 34.2. The molecule has 0 amide bonds. The standard InChI is InChI=1S/C19H12N.C16H9N2.3C12H7F3N.C10H6ClN2.2C5H8O2.6Ir/c1-2-7-16-13-17(10-9-14(16)5-1)19-18-8-4-3-6-15(18)11-12-20-19;1-17-13-9-10-18-16(11-13)15-8-4-6-12-5-2-3-7-14(12)15;2*13-12(14,15)10-7-4-8-16-11(10)9-5-2-1-3-6-9;13-12(14,15)10-6-7-11(16-8-10)9-4-2-1-3-5-9;11-10-7-6-9(12-13-10)8-4-2-1-3-5-8;2*1-4(6)3-5(2)7;;;;;;/h1-9,11-13H;2-7,9-11H;2*1-5,7-8H;1-4,6-8H;1-4,6-7H;2*3,6H,1-2H3;;;;;;/q6*-1;;;;;;;;. The molecule has 9 aromatic carbocycles. The molecule has 622 valence electrons. The van der Waals surface area contributed by atoms with Crippen LogP contribution in [0.1, 0.15) is 44.4 Å². The molecule has 0 aliphatic rings. The maximum absolute atomic E-state index is 12.7. The predicted molar refractivity (Wildman–Crippen MR) is 422 cm³/mol. The molecule has 6 radical (unpaired) electrons. The van der Waals surface area contributed by atoms with Crippen LogP contribution in [-0.4, -0.2) is 56.9 Å². The number of carbonyl (C=O) groups is 2. The summed E-state index contributed by atoms with van der Waals surface area (Å²) >= 11 is 5.62. The second-order valence-electron chi connectivity index (χ2n) is 23.7. The average molecular weight is 2690 g/mol. The van der Waals surface area contributed by atoms with Crippen molar-refractivity contribution in [2.75, 3.05) is 0 Å². The van der Waals surface area contributed by atoms with Crippen LogP contribution in [0.15, 0.2) is 316 Å². The molecule has 15 rings (SSSR count). The Bertz CT molecular complexity index is 5570. The number of alkyl halides is 9. The van der Waals surface area contributed by atoms with E-state index in [1.807, 2.05) is 85.1 Å². The number of halogens is 10. The summed E-state index contributed by atoms with van der Waals surface area (Å²) in [5.74, 6) is -0.125. The quantitative estimate of drug-likeness (QED) is 0.0643. The van der Waals surface area contributed by atoms with Gasteiger partial charge in [-0.1, -0.05) is 132 Å². The van der Waals surface area contributed by atoms with E-state index in [1.54, 1.807) is 97.2 Å². The van der Waals surface area contributed by atoms with Gasteiger partial charge in [0.2, 0.25) is 0 Å². The molecule has 12 nitrogen and oxygen atoms in total. The Balaban J connectivity index is 0.000000466. The molecule has 0 unspecified atom stereocenters. The minimum Gasteiger partial charge on any atom is -0.512 e. The molecule has 6 heterocycles. The van der Waals surface area contributed by atoms with Gasteiger partial charge in [-0.15, -0.1) is 207 Å². The Morgan fingerprint density at radius 3 is 1.27 bits per heavy atom. The Labute approximate surface area is 768 Å². The van der Waals surface area contributed by atoms with Gasteiger partial charge in [-0.2, -0.15) is 44.6 Å². The van der Waals surface area contributed by atoms with Crippen molar-refractivity contribution in [2.24, 2.45) is 0 Å². The number of rotatable bonds is 8. The largest absolute Gasteiger partial charge is 0.512 e. The maximum Gasteiger partial charge on any atom is 0.417 e. The van der Waals surface area contributed by atoms with Gasteiger partial charge in [-0.05, 0) is 85.9 Å². The summed E-state index contributed by atoms with van der Waals surface area (Å²) in [4.78, 5) is 43.6. The van der Waals surface area contributed by atoms with Crippen LogP contribution in [0.5, 0.6) is 0 Å². The molecule has 0 bridgehead atoms. The first kappa shape index (κ1) is 105. The van der Waals surface area contributed by atoms with Gasteiger partial charge in [0.05, 0.1) is 23.7 Å². The number of ketones is 2. The molecule has 0 aliphatic carbocycles. The number of aromatic nitrogens is 7. The molecule has 0 fully saturated rings. The molecule has 0 saturated heterocycles. The van der Waals surface area contributed by atoms with Gasteiger partial charge in [-0.3, -0.25) is 9.59 Å². The molecule has 0 saturated carbocycles. The Morgan fingerprint density at radius 1 is 0.387 bits per heavy atom. The fourth-order valence-corrected chi connectivity index (χ4v) is 10.4. The molecular formula is C91H64ClF9Ir6N8O4-6. The van der Waals surface area contributed by atoms with E-state index in [9.17, 15) is 49.1 Å². The number of hydrogen-bond acceptors (Lipinski definition) is 11. The average Bonchev–Trinajstić information content (AvgIpc) is 0.793. The van der Waals surface area contributed by atoms with Crippen LogP contribution < -0.4 is 0 Å². The van der Waals surface area contributed by atoms with Gasteiger partial charge >= 0.3 is 18.5 Å². The summed E-state index contributed by atoms with van der Waals surface area (Å²) in [7, 11) is 0. The fourth-order valence-electron chi connectivity index (χ4n) is 10.3. The summed E-state index contributed by atoms with van der Waals surface area (Å²) in [6, 6.07) is 94.4. The van der Waals surface area contributed by atoms with Crippen molar-refractivity contribution in [3.63, 3.8) is 0 Å². The van der Waals surface area contributed by atoms with E-state index >= 15 is 0 Å². The number of aliphatic hydroxyl groups is 2. The van der Waals surface area contributed by atoms with Gasteiger partial charge < -0.3 is 35.1 Å². The summed E-state index contributed by atoms with van der Waals surface area (Å²) in [6.45, 7) is 12.7. The summed E-state index contributed by atoms with van der Waals surface area (Å²) < 4.78 is 113. The second kappa shape index (κ2) is 52.9. The van der Waals surface area contributed by atoms with Crippen LogP contribution in [-0.2, 0) is 149 Å². The van der Waals surface area contributed by atoms with E-state index in [4.69, 9.17) is 28.4 Å². The number of benzene rings is 9. The van der Waals surface area contributed by atoms with Crippen LogP contribution >= 0.6 is 11.6 Å². The zero-order chi connectivity index (χ0) is 81.3. The summed E-state index contributed by atoms with van der Waals surface area (Å²) in [5.41, 5.74) is 5.52. The summed E-state index contributed by atoms with van der Waals surface area (Å²) in [5, 5.41) is 31.9. The van der Waals surface area contributed by atoms with Crippen molar-refractivity contribution in [3.05, 3.63) is 385 Å². The molecule has 28 heteroatoms. The maximum atomic E-state index is 12.7. The van der Waals surface area contributed by atoms with Crippen LogP contribution in [0.4, 0.5) is 45.2 Å².